The third-order valence-electron chi connectivity index (χ3n) is 4.32. The van der Waals surface area contributed by atoms with Crippen molar-refractivity contribution in [3.63, 3.8) is 0 Å². The average molecular weight is 368 g/mol. The van der Waals surface area contributed by atoms with E-state index in [-0.39, 0.29) is 35.8 Å². The van der Waals surface area contributed by atoms with Crippen LogP contribution in [-0.4, -0.2) is 27.2 Å². The number of carbonyl (C=O) groups excluding carboxylic acids is 2. The Morgan fingerprint density at radius 1 is 1.15 bits per heavy atom. The van der Waals surface area contributed by atoms with Crippen molar-refractivity contribution in [2.75, 3.05) is 0 Å². The van der Waals surface area contributed by atoms with Gasteiger partial charge < -0.3 is 10.6 Å². The lowest BCUT2D eigenvalue weighted by Crippen LogP contribution is -2.33. The molecule has 7 heteroatoms. The minimum Gasteiger partial charge on any atom is -0.347 e. The maximum absolute atomic E-state index is 13.0. The number of halogens is 1. The van der Waals surface area contributed by atoms with E-state index in [2.05, 4.69) is 15.6 Å². The number of carbonyl (C=O) groups is 2. The van der Waals surface area contributed by atoms with E-state index < -0.39 is 5.91 Å². The molecule has 6 nitrogen and oxygen atoms in total. The van der Waals surface area contributed by atoms with Crippen molar-refractivity contribution in [1.29, 1.82) is 0 Å². The van der Waals surface area contributed by atoms with Crippen LogP contribution in [0.1, 0.15) is 46.9 Å². The highest BCUT2D eigenvalue weighted by Crippen LogP contribution is 2.14. The molecule has 3 aromatic rings. The number of nitrogens with one attached hydrogen (secondary N) is 2. The van der Waals surface area contributed by atoms with Crippen LogP contribution >= 0.6 is 0 Å². The molecule has 0 radical (unpaired) electrons. The maximum atomic E-state index is 13.0. The number of pyridine rings is 1. The lowest BCUT2D eigenvalue weighted by Gasteiger charge is -2.10. The molecule has 140 valence electrons. The molecule has 2 amide bonds. The molecule has 0 saturated carbocycles. The van der Waals surface area contributed by atoms with Crippen LogP contribution in [0.4, 0.5) is 4.39 Å². The molecule has 0 aliphatic heterocycles. The zero-order valence-corrected chi connectivity index (χ0v) is 15.2. The van der Waals surface area contributed by atoms with Crippen LogP contribution in [0.2, 0.25) is 0 Å². The van der Waals surface area contributed by atoms with E-state index in [1.165, 1.54) is 12.1 Å². The molecule has 3 rings (SSSR count). The van der Waals surface area contributed by atoms with Gasteiger partial charge in [0.2, 0.25) is 5.82 Å². The number of hydrogen-bond donors (Lipinski definition) is 2. The van der Waals surface area contributed by atoms with Gasteiger partial charge >= 0.3 is 0 Å². The summed E-state index contributed by atoms with van der Waals surface area (Å²) in [4.78, 5) is 29.4. The fourth-order valence-electron chi connectivity index (χ4n) is 2.62. The fraction of sp³-hybridized carbons (Fsp3) is 0.250. The normalized spacial score (nSPS) is 12.0. The summed E-state index contributed by atoms with van der Waals surface area (Å²) in [5, 5.41) is 5.63. The van der Waals surface area contributed by atoms with Crippen molar-refractivity contribution in [2.45, 2.75) is 32.9 Å². The van der Waals surface area contributed by atoms with Crippen molar-refractivity contribution in [3.8, 4) is 0 Å². The van der Waals surface area contributed by atoms with Crippen LogP contribution in [0.25, 0.3) is 5.52 Å². The van der Waals surface area contributed by atoms with E-state index in [1.807, 2.05) is 13.8 Å². The van der Waals surface area contributed by atoms with Crippen molar-refractivity contribution >= 4 is 17.3 Å². The van der Waals surface area contributed by atoms with Gasteiger partial charge in [-0.2, -0.15) is 0 Å². The Kier molecular flexibility index (Phi) is 5.49. The second-order valence-corrected chi connectivity index (χ2v) is 6.33. The largest absolute Gasteiger partial charge is 0.347 e. The molecular formula is C20H21FN4O2. The Hall–Kier alpha value is -3.22. The number of aromatic nitrogens is 2. The van der Waals surface area contributed by atoms with Gasteiger partial charge in [-0.3, -0.25) is 14.0 Å². The summed E-state index contributed by atoms with van der Waals surface area (Å²) >= 11 is 0. The number of benzene rings is 1. The van der Waals surface area contributed by atoms with Crippen LogP contribution in [0.15, 0.2) is 48.7 Å². The smallest absolute Gasteiger partial charge is 0.287 e. The summed E-state index contributed by atoms with van der Waals surface area (Å²) in [6.45, 7) is 4.12. The molecule has 0 spiro atoms. The Morgan fingerprint density at radius 3 is 2.59 bits per heavy atom. The number of nitrogens with zero attached hydrogens (tertiary/aromatic N) is 2. The summed E-state index contributed by atoms with van der Waals surface area (Å²) < 4.78 is 14.6. The summed E-state index contributed by atoms with van der Waals surface area (Å²) in [7, 11) is 0. The molecule has 0 saturated heterocycles. The van der Waals surface area contributed by atoms with Gasteiger partial charge in [0.15, 0.2) is 5.69 Å². The van der Waals surface area contributed by atoms with Crippen molar-refractivity contribution in [1.82, 2.24) is 20.0 Å². The first-order valence-corrected chi connectivity index (χ1v) is 8.80. The molecular weight excluding hydrogens is 347 g/mol. The number of fused-ring (bicyclic) bond motifs is 1. The quantitative estimate of drug-likeness (QED) is 0.702. The highest BCUT2D eigenvalue weighted by atomic mass is 19.1. The lowest BCUT2D eigenvalue weighted by molar-refractivity contribution is 0.0928. The third kappa shape index (κ3) is 4.13. The fourth-order valence-corrected chi connectivity index (χ4v) is 2.62. The minimum absolute atomic E-state index is 0.00400. The summed E-state index contributed by atoms with van der Waals surface area (Å²) in [6, 6.07) is 11.2. The average Bonchev–Trinajstić information content (AvgIpc) is 3.07. The minimum atomic E-state index is -0.398. The number of amides is 2. The van der Waals surface area contributed by atoms with Gasteiger partial charge in [0.1, 0.15) is 5.82 Å². The molecule has 0 aliphatic rings. The van der Waals surface area contributed by atoms with Gasteiger partial charge in [-0.05, 0) is 43.2 Å². The van der Waals surface area contributed by atoms with E-state index in [4.69, 9.17) is 0 Å². The van der Waals surface area contributed by atoms with Gasteiger partial charge in [-0.1, -0.05) is 25.1 Å². The highest BCUT2D eigenvalue weighted by Gasteiger charge is 2.21. The van der Waals surface area contributed by atoms with Crippen LogP contribution in [0, 0.1) is 5.82 Å². The number of rotatable bonds is 6. The monoisotopic (exact) mass is 368 g/mol. The molecule has 1 aromatic carbocycles. The van der Waals surface area contributed by atoms with E-state index in [0.717, 1.165) is 12.0 Å². The Labute approximate surface area is 156 Å². The van der Waals surface area contributed by atoms with Gasteiger partial charge in [-0.15, -0.1) is 0 Å². The summed E-state index contributed by atoms with van der Waals surface area (Å²) in [6.07, 6.45) is 2.49. The standard InChI is InChI=1S/C20H21FN4O2/c1-3-13(2)23-20(27)18-24-17(16-6-4-5-11-25(16)18)19(26)22-12-14-7-9-15(21)10-8-14/h4-11,13H,3,12H2,1-2H3,(H,22,26)(H,23,27). The zero-order valence-electron chi connectivity index (χ0n) is 15.2. The second-order valence-electron chi connectivity index (χ2n) is 6.33. The number of imidazole rings is 1. The number of hydrogen-bond acceptors (Lipinski definition) is 3. The van der Waals surface area contributed by atoms with Crippen LogP contribution < -0.4 is 10.6 Å². The molecule has 2 N–H and O–H groups in total. The van der Waals surface area contributed by atoms with Gasteiger partial charge in [0, 0.05) is 18.8 Å². The molecule has 0 aliphatic carbocycles. The summed E-state index contributed by atoms with van der Waals surface area (Å²) in [5.41, 5.74) is 1.48. The van der Waals surface area contributed by atoms with Crippen LogP contribution in [0.5, 0.6) is 0 Å². The van der Waals surface area contributed by atoms with Crippen molar-refractivity contribution in [3.05, 3.63) is 71.6 Å². The van der Waals surface area contributed by atoms with Gasteiger partial charge in [0.05, 0.1) is 5.52 Å². The van der Waals surface area contributed by atoms with Gasteiger partial charge in [0.25, 0.3) is 11.8 Å². The van der Waals surface area contributed by atoms with Crippen LogP contribution in [-0.2, 0) is 6.54 Å². The molecule has 2 heterocycles. The second kappa shape index (κ2) is 7.99. The predicted molar refractivity (Wildman–Crippen MR) is 100.0 cm³/mol. The lowest BCUT2D eigenvalue weighted by atomic mass is 10.2. The molecule has 1 atom stereocenters. The first-order valence-electron chi connectivity index (χ1n) is 8.80. The highest BCUT2D eigenvalue weighted by molar-refractivity contribution is 6.02. The first kappa shape index (κ1) is 18.6. The van der Waals surface area contributed by atoms with Crippen LogP contribution in [0.3, 0.4) is 0 Å². The van der Waals surface area contributed by atoms with E-state index >= 15 is 0 Å². The Balaban J connectivity index is 1.84. The Morgan fingerprint density at radius 2 is 1.89 bits per heavy atom. The topological polar surface area (TPSA) is 75.5 Å². The molecule has 27 heavy (non-hydrogen) atoms. The summed E-state index contributed by atoms with van der Waals surface area (Å²) in [5.74, 6) is -0.895. The molecule has 1 unspecified atom stereocenters. The van der Waals surface area contributed by atoms with Crippen molar-refractivity contribution in [2.24, 2.45) is 0 Å². The van der Waals surface area contributed by atoms with Gasteiger partial charge in [-0.25, -0.2) is 9.37 Å². The Bertz CT molecular complexity index is 966. The maximum Gasteiger partial charge on any atom is 0.287 e. The first-order chi connectivity index (χ1) is 13.0. The SMILES string of the molecule is CCC(C)NC(=O)c1nc(C(=O)NCc2ccc(F)cc2)c2ccccn12. The molecule has 0 fully saturated rings. The van der Waals surface area contributed by atoms with Crippen molar-refractivity contribution < 1.29 is 14.0 Å². The predicted octanol–water partition coefficient (Wildman–Crippen LogP) is 2.93. The third-order valence-corrected chi connectivity index (χ3v) is 4.32. The van der Waals surface area contributed by atoms with E-state index in [1.54, 1.807) is 40.9 Å². The molecule has 2 aromatic heterocycles. The van der Waals surface area contributed by atoms with E-state index in [9.17, 15) is 14.0 Å². The zero-order chi connectivity index (χ0) is 19.4. The molecule has 0 bridgehead atoms. The van der Waals surface area contributed by atoms with E-state index in [0.29, 0.717) is 5.52 Å².